The number of rotatable bonds is 9. The number of likely N-dealkylation sites (N-methyl/N-ethyl adjacent to an activating group) is 1. The van der Waals surface area contributed by atoms with Gasteiger partial charge in [0.05, 0.1) is 18.1 Å². The third kappa shape index (κ3) is 7.29. The smallest absolute Gasteiger partial charge is 0.416 e. The zero-order valence-electron chi connectivity index (χ0n) is 14.1. The summed E-state index contributed by atoms with van der Waals surface area (Å²) < 4.78 is 47.6. The van der Waals surface area contributed by atoms with Crippen molar-refractivity contribution in [2.24, 2.45) is 5.73 Å². The molecule has 0 bridgehead atoms. The molecule has 3 N–H and O–H groups in total. The van der Waals surface area contributed by atoms with Crippen molar-refractivity contribution in [3.05, 3.63) is 29.8 Å². The van der Waals surface area contributed by atoms with E-state index in [0.717, 1.165) is 12.1 Å². The van der Waals surface area contributed by atoms with Crippen LogP contribution < -0.4 is 10.5 Å². The van der Waals surface area contributed by atoms with E-state index in [9.17, 15) is 23.1 Å². The van der Waals surface area contributed by atoms with Gasteiger partial charge in [0.1, 0.15) is 18.5 Å². The molecule has 2 atom stereocenters. The first-order chi connectivity index (χ1) is 11.7. The highest BCUT2D eigenvalue weighted by Gasteiger charge is 2.30. The molecule has 0 aliphatic heterocycles. The average molecular weight is 364 g/mol. The number of hydrogen-bond donors (Lipinski definition) is 2. The Morgan fingerprint density at radius 3 is 2.40 bits per heavy atom. The van der Waals surface area contributed by atoms with Crippen LogP contribution >= 0.6 is 0 Å². The summed E-state index contributed by atoms with van der Waals surface area (Å²) in [7, 11) is 2.98. The molecule has 1 amide bonds. The van der Waals surface area contributed by atoms with Crippen molar-refractivity contribution in [2.75, 3.05) is 33.9 Å². The standard InChI is InChI=1S/C16H23F3N2O4/c1-21(15(23)7-14(8-20)24-2)9-12(22)10-25-13-5-3-11(4-6-13)16(17,18)19/h3-6,12,14,22H,7-10,20H2,1-2H3. The minimum absolute atomic E-state index is 0.0144. The van der Waals surface area contributed by atoms with E-state index < -0.39 is 23.9 Å². The molecule has 0 aliphatic carbocycles. The van der Waals surface area contributed by atoms with Gasteiger partial charge in [-0.25, -0.2) is 0 Å². The van der Waals surface area contributed by atoms with Gasteiger partial charge in [0.15, 0.2) is 0 Å². The van der Waals surface area contributed by atoms with Crippen LogP contribution in [0.15, 0.2) is 24.3 Å². The monoisotopic (exact) mass is 364 g/mol. The number of carbonyl (C=O) groups excluding carboxylic acids is 1. The van der Waals surface area contributed by atoms with Crippen LogP contribution in [0.3, 0.4) is 0 Å². The van der Waals surface area contributed by atoms with Crippen molar-refractivity contribution in [1.29, 1.82) is 0 Å². The molecule has 0 fully saturated rings. The molecule has 0 aromatic heterocycles. The number of aliphatic hydroxyl groups is 1. The SMILES string of the molecule is COC(CN)CC(=O)N(C)CC(O)COc1ccc(C(F)(F)F)cc1. The molecule has 1 aromatic rings. The summed E-state index contributed by atoms with van der Waals surface area (Å²) in [5, 5.41) is 9.91. The molecule has 0 aliphatic rings. The van der Waals surface area contributed by atoms with Crippen LogP contribution in [0, 0.1) is 0 Å². The Morgan fingerprint density at radius 1 is 1.32 bits per heavy atom. The highest BCUT2D eigenvalue weighted by Crippen LogP contribution is 2.30. The molecular weight excluding hydrogens is 341 g/mol. The Labute approximate surface area is 144 Å². The van der Waals surface area contributed by atoms with Crippen LogP contribution in [0.25, 0.3) is 0 Å². The lowest BCUT2D eigenvalue weighted by Gasteiger charge is -2.23. The summed E-state index contributed by atoms with van der Waals surface area (Å²) in [6, 6.07) is 4.15. The second-order valence-corrected chi connectivity index (χ2v) is 5.56. The number of amides is 1. The van der Waals surface area contributed by atoms with Crippen molar-refractivity contribution in [2.45, 2.75) is 24.8 Å². The van der Waals surface area contributed by atoms with Crippen molar-refractivity contribution < 1.29 is 32.5 Å². The van der Waals surface area contributed by atoms with Crippen LogP contribution in [0.2, 0.25) is 0 Å². The van der Waals surface area contributed by atoms with Gasteiger partial charge >= 0.3 is 6.18 Å². The minimum atomic E-state index is -4.41. The van der Waals surface area contributed by atoms with E-state index in [1.165, 1.54) is 31.2 Å². The lowest BCUT2D eigenvalue weighted by Crippen LogP contribution is -2.39. The fraction of sp³-hybridized carbons (Fsp3) is 0.562. The average Bonchev–Trinajstić information content (AvgIpc) is 2.57. The number of methoxy groups -OCH3 is 1. The topological polar surface area (TPSA) is 85.0 Å². The Bertz CT molecular complexity index is 533. The molecule has 0 heterocycles. The largest absolute Gasteiger partial charge is 0.491 e. The van der Waals surface area contributed by atoms with Crippen LogP contribution in [0.5, 0.6) is 5.75 Å². The molecular formula is C16H23F3N2O4. The van der Waals surface area contributed by atoms with E-state index in [4.69, 9.17) is 15.2 Å². The van der Waals surface area contributed by atoms with Gasteiger partial charge in [0, 0.05) is 27.2 Å². The van der Waals surface area contributed by atoms with Gasteiger partial charge in [-0.3, -0.25) is 4.79 Å². The number of halogens is 3. The quantitative estimate of drug-likeness (QED) is 0.689. The van der Waals surface area contributed by atoms with Crippen molar-refractivity contribution in [1.82, 2.24) is 4.90 Å². The summed E-state index contributed by atoms with van der Waals surface area (Å²) in [4.78, 5) is 13.3. The first-order valence-electron chi connectivity index (χ1n) is 7.62. The van der Waals surface area contributed by atoms with Crippen LogP contribution in [-0.2, 0) is 15.7 Å². The fourth-order valence-electron chi connectivity index (χ4n) is 2.02. The normalized spacial score (nSPS) is 14.0. The highest BCUT2D eigenvalue weighted by atomic mass is 19.4. The maximum atomic E-state index is 12.5. The lowest BCUT2D eigenvalue weighted by atomic mass is 10.2. The molecule has 1 aromatic carbocycles. The zero-order chi connectivity index (χ0) is 19.0. The Morgan fingerprint density at radius 2 is 1.92 bits per heavy atom. The molecule has 25 heavy (non-hydrogen) atoms. The second kappa shape index (κ2) is 9.59. The summed E-state index contributed by atoms with van der Waals surface area (Å²) >= 11 is 0. The van der Waals surface area contributed by atoms with Crippen LogP contribution in [0.4, 0.5) is 13.2 Å². The molecule has 142 valence electrons. The van der Waals surface area contributed by atoms with Crippen LogP contribution in [0.1, 0.15) is 12.0 Å². The summed E-state index contributed by atoms with van der Waals surface area (Å²) in [6.07, 6.45) is -5.70. The van der Waals surface area contributed by atoms with E-state index in [2.05, 4.69) is 0 Å². The van der Waals surface area contributed by atoms with E-state index in [-0.39, 0.29) is 37.8 Å². The Balaban J connectivity index is 2.43. The fourth-order valence-corrected chi connectivity index (χ4v) is 2.02. The molecule has 2 unspecified atom stereocenters. The lowest BCUT2D eigenvalue weighted by molar-refractivity contribution is -0.137. The summed E-state index contributed by atoms with van der Waals surface area (Å²) in [6.45, 7) is 0.0592. The number of aliphatic hydroxyl groups excluding tert-OH is 1. The number of ether oxygens (including phenoxy) is 2. The third-order valence-electron chi connectivity index (χ3n) is 3.53. The minimum Gasteiger partial charge on any atom is -0.491 e. The van der Waals surface area contributed by atoms with Gasteiger partial charge in [-0.05, 0) is 24.3 Å². The van der Waals surface area contributed by atoms with Gasteiger partial charge in [-0.1, -0.05) is 0 Å². The van der Waals surface area contributed by atoms with Gasteiger partial charge < -0.3 is 25.2 Å². The van der Waals surface area contributed by atoms with Crippen molar-refractivity contribution in [3.63, 3.8) is 0 Å². The zero-order valence-corrected chi connectivity index (χ0v) is 14.1. The maximum absolute atomic E-state index is 12.5. The molecule has 9 heteroatoms. The molecule has 1 rings (SSSR count). The Hall–Kier alpha value is -1.84. The van der Waals surface area contributed by atoms with Gasteiger partial charge in [-0.2, -0.15) is 13.2 Å². The third-order valence-corrected chi connectivity index (χ3v) is 3.53. The van der Waals surface area contributed by atoms with E-state index >= 15 is 0 Å². The molecule has 0 saturated heterocycles. The Kier molecular flexibility index (Phi) is 8.14. The van der Waals surface area contributed by atoms with E-state index in [1.54, 1.807) is 0 Å². The first kappa shape index (κ1) is 21.2. The van der Waals surface area contributed by atoms with Crippen LogP contribution in [-0.4, -0.2) is 62.0 Å². The van der Waals surface area contributed by atoms with E-state index in [1.807, 2.05) is 0 Å². The number of nitrogens with two attached hydrogens (primary N) is 1. The number of alkyl halides is 3. The first-order valence-corrected chi connectivity index (χ1v) is 7.62. The van der Waals surface area contributed by atoms with Gasteiger partial charge in [0.25, 0.3) is 0 Å². The molecule has 6 nitrogen and oxygen atoms in total. The number of nitrogens with zero attached hydrogens (tertiary/aromatic N) is 1. The predicted molar refractivity (Wildman–Crippen MR) is 85.1 cm³/mol. The highest BCUT2D eigenvalue weighted by molar-refractivity contribution is 5.76. The maximum Gasteiger partial charge on any atom is 0.416 e. The molecule has 0 saturated carbocycles. The van der Waals surface area contributed by atoms with E-state index in [0.29, 0.717) is 0 Å². The van der Waals surface area contributed by atoms with Crippen molar-refractivity contribution >= 4 is 5.91 Å². The summed E-state index contributed by atoms with van der Waals surface area (Å²) in [5.74, 6) is -0.0468. The number of carbonyl (C=O) groups is 1. The molecule has 0 spiro atoms. The van der Waals surface area contributed by atoms with Gasteiger partial charge in [-0.15, -0.1) is 0 Å². The van der Waals surface area contributed by atoms with Crippen molar-refractivity contribution in [3.8, 4) is 5.75 Å². The number of benzene rings is 1. The summed E-state index contributed by atoms with van der Waals surface area (Å²) in [5.41, 5.74) is 4.67. The van der Waals surface area contributed by atoms with Gasteiger partial charge in [0.2, 0.25) is 5.91 Å². The predicted octanol–water partition coefficient (Wildman–Crippen LogP) is 1.27. The second-order valence-electron chi connectivity index (χ2n) is 5.56. The molecule has 0 radical (unpaired) electrons. The number of hydrogen-bond acceptors (Lipinski definition) is 5.